The lowest BCUT2D eigenvalue weighted by Crippen LogP contribution is -2.10. The number of hydrogen-bond acceptors (Lipinski definition) is 4. The highest BCUT2D eigenvalue weighted by Crippen LogP contribution is 2.15. The van der Waals surface area contributed by atoms with E-state index in [0.717, 1.165) is 17.9 Å². The molecule has 0 unspecified atom stereocenters. The Morgan fingerprint density at radius 2 is 2.29 bits per heavy atom. The first-order valence-corrected chi connectivity index (χ1v) is 5.52. The number of hydrogen-bond donors (Lipinski definition) is 1. The number of methoxy groups -OCH3 is 1. The highest BCUT2D eigenvalue weighted by molar-refractivity contribution is 5.29. The zero-order valence-electron chi connectivity index (χ0n) is 10.1. The number of nitrogens with two attached hydrogens (primary N) is 1. The van der Waals surface area contributed by atoms with Gasteiger partial charge in [0.25, 0.3) is 0 Å². The van der Waals surface area contributed by atoms with Crippen molar-refractivity contribution in [3.63, 3.8) is 0 Å². The normalized spacial score (nSPS) is 12.9. The molecule has 0 spiro atoms. The summed E-state index contributed by atoms with van der Waals surface area (Å²) in [4.78, 5) is 4.11. The number of ether oxygens (including phenoxy) is 1. The second-order valence-corrected chi connectivity index (χ2v) is 3.93. The minimum absolute atomic E-state index is 0.0557. The van der Waals surface area contributed by atoms with Crippen molar-refractivity contribution < 1.29 is 4.74 Å². The fourth-order valence-corrected chi connectivity index (χ4v) is 1.64. The lowest BCUT2D eigenvalue weighted by molar-refractivity contribution is 0.183. The fourth-order valence-electron chi connectivity index (χ4n) is 1.64. The summed E-state index contributed by atoms with van der Waals surface area (Å²) in [7, 11) is 1.68. The summed E-state index contributed by atoms with van der Waals surface area (Å²) in [5.74, 6) is 0. The molecule has 2 heterocycles. The minimum Gasteiger partial charge on any atom is -0.383 e. The predicted molar refractivity (Wildman–Crippen MR) is 63.8 cm³/mol. The Kier molecular flexibility index (Phi) is 3.55. The molecule has 2 aromatic rings. The van der Waals surface area contributed by atoms with E-state index >= 15 is 0 Å². The van der Waals surface area contributed by atoms with Crippen molar-refractivity contribution in [2.24, 2.45) is 5.73 Å². The van der Waals surface area contributed by atoms with Crippen LogP contribution in [0.4, 0.5) is 0 Å². The molecule has 2 rings (SSSR count). The van der Waals surface area contributed by atoms with Crippen LogP contribution in [0.25, 0.3) is 5.69 Å². The smallest absolute Gasteiger partial charge is 0.0995 e. The number of aromatic nitrogens is 4. The molecule has 0 amide bonds. The van der Waals surface area contributed by atoms with Crippen molar-refractivity contribution in [1.29, 1.82) is 0 Å². The Balaban J connectivity index is 2.21. The first-order valence-electron chi connectivity index (χ1n) is 5.52. The van der Waals surface area contributed by atoms with Crippen molar-refractivity contribution in [2.75, 3.05) is 13.7 Å². The van der Waals surface area contributed by atoms with Gasteiger partial charge in [-0.3, -0.25) is 9.25 Å². The molecule has 0 radical (unpaired) electrons. The van der Waals surface area contributed by atoms with Gasteiger partial charge in [0.05, 0.1) is 43.3 Å². The number of nitrogens with zero attached hydrogens (tertiary/aromatic N) is 4. The quantitative estimate of drug-likeness (QED) is 0.829. The molecule has 92 valence electrons. The molecular weight excluding hydrogens is 218 g/mol. The summed E-state index contributed by atoms with van der Waals surface area (Å²) in [6.07, 6.45) is 7.27. The van der Waals surface area contributed by atoms with Crippen LogP contribution in [-0.4, -0.2) is 33.0 Å². The van der Waals surface area contributed by atoms with E-state index in [9.17, 15) is 0 Å². The topological polar surface area (TPSA) is 70.9 Å². The predicted octanol–water partition coefficient (Wildman–Crippen LogP) is 0.735. The fraction of sp³-hybridized carbons (Fsp3) is 0.455. The minimum atomic E-state index is -0.0557. The van der Waals surface area contributed by atoms with Gasteiger partial charge in [-0.2, -0.15) is 5.10 Å². The van der Waals surface area contributed by atoms with Crippen LogP contribution in [0.3, 0.4) is 0 Å². The van der Waals surface area contributed by atoms with E-state index in [2.05, 4.69) is 10.1 Å². The van der Waals surface area contributed by atoms with Crippen molar-refractivity contribution in [3.05, 3.63) is 30.6 Å². The van der Waals surface area contributed by atoms with E-state index in [4.69, 9.17) is 10.5 Å². The molecule has 1 atom stereocenters. The molecule has 0 bridgehead atoms. The summed E-state index contributed by atoms with van der Waals surface area (Å²) in [6, 6.07) is -0.0557. The standard InChI is InChI=1S/C11H17N5O/c1-9(12)11-6-13-8-16(11)10-5-14-15(7-10)3-4-17-2/h5-9H,3-4,12H2,1-2H3/t9-/m0/s1. The van der Waals surface area contributed by atoms with Gasteiger partial charge in [0.15, 0.2) is 0 Å². The summed E-state index contributed by atoms with van der Waals surface area (Å²) in [5.41, 5.74) is 7.81. The average Bonchev–Trinajstić information content (AvgIpc) is 2.94. The molecular formula is C11H17N5O. The van der Waals surface area contributed by atoms with E-state index < -0.39 is 0 Å². The van der Waals surface area contributed by atoms with E-state index in [0.29, 0.717) is 6.61 Å². The summed E-state index contributed by atoms with van der Waals surface area (Å²) in [6.45, 7) is 3.31. The Morgan fingerprint density at radius 1 is 1.47 bits per heavy atom. The highest BCUT2D eigenvalue weighted by Gasteiger charge is 2.09. The third-order valence-electron chi connectivity index (χ3n) is 2.56. The molecule has 0 fully saturated rings. The van der Waals surface area contributed by atoms with Gasteiger partial charge in [-0.15, -0.1) is 0 Å². The van der Waals surface area contributed by atoms with Gasteiger partial charge < -0.3 is 10.5 Å². The monoisotopic (exact) mass is 235 g/mol. The second kappa shape index (κ2) is 5.11. The highest BCUT2D eigenvalue weighted by atomic mass is 16.5. The second-order valence-electron chi connectivity index (χ2n) is 3.93. The Morgan fingerprint density at radius 3 is 3.00 bits per heavy atom. The Bertz CT molecular complexity index is 474. The Hall–Kier alpha value is -1.66. The maximum Gasteiger partial charge on any atom is 0.0995 e. The maximum atomic E-state index is 5.88. The molecule has 0 aliphatic carbocycles. The van der Waals surface area contributed by atoms with Crippen LogP contribution in [0, 0.1) is 0 Å². The van der Waals surface area contributed by atoms with E-state index in [1.807, 2.05) is 22.4 Å². The SMILES string of the molecule is COCCn1cc(-n2cncc2[C@H](C)N)cn1. The Labute approximate surface area is 100 Å². The maximum absolute atomic E-state index is 5.88. The van der Waals surface area contributed by atoms with E-state index in [1.165, 1.54) is 0 Å². The van der Waals surface area contributed by atoms with E-state index in [-0.39, 0.29) is 6.04 Å². The lowest BCUT2D eigenvalue weighted by Gasteiger charge is -2.07. The largest absolute Gasteiger partial charge is 0.383 e. The van der Waals surface area contributed by atoms with Crippen LogP contribution in [0.15, 0.2) is 24.9 Å². The third-order valence-corrected chi connectivity index (χ3v) is 2.56. The van der Waals surface area contributed by atoms with Crippen molar-refractivity contribution >= 4 is 0 Å². The van der Waals surface area contributed by atoms with Gasteiger partial charge in [0.2, 0.25) is 0 Å². The lowest BCUT2D eigenvalue weighted by atomic mass is 10.2. The molecule has 0 aliphatic heterocycles. The first kappa shape index (κ1) is 11.8. The molecule has 2 aromatic heterocycles. The molecule has 0 aromatic carbocycles. The van der Waals surface area contributed by atoms with Gasteiger partial charge in [0.1, 0.15) is 0 Å². The zero-order chi connectivity index (χ0) is 12.3. The van der Waals surface area contributed by atoms with Gasteiger partial charge in [0, 0.05) is 19.3 Å². The molecule has 2 N–H and O–H groups in total. The van der Waals surface area contributed by atoms with Crippen LogP contribution in [0.5, 0.6) is 0 Å². The van der Waals surface area contributed by atoms with Crippen LogP contribution < -0.4 is 5.73 Å². The van der Waals surface area contributed by atoms with Crippen molar-refractivity contribution in [1.82, 2.24) is 19.3 Å². The summed E-state index contributed by atoms with van der Waals surface area (Å²) in [5, 5.41) is 4.26. The first-order chi connectivity index (χ1) is 8.22. The average molecular weight is 235 g/mol. The van der Waals surface area contributed by atoms with Crippen LogP contribution >= 0.6 is 0 Å². The number of rotatable bonds is 5. The van der Waals surface area contributed by atoms with Crippen molar-refractivity contribution in [3.8, 4) is 5.69 Å². The van der Waals surface area contributed by atoms with Gasteiger partial charge in [-0.05, 0) is 6.92 Å². The zero-order valence-corrected chi connectivity index (χ0v) is 10.1. The van der Waals surface area contributed by atoms with Crippen LogP contribution in [0.2, 0.25) is 0 Å². The summed E-state index contributed by atoms with van der Waals surface area (Å²) < 4.78 is 8.79. The van der Waals surface area contributed by atoms with Gasteiger partial charge >= 0.3 is 0 Å². The van der Waals surface area contributed by atoms with Crippen molar-refractivity contribution in [2.45, 2.75) is 19.5 Å². The van der Waals surface area contributed by atoms with Gasteiger partial charge in [-0.25, -0.2) is 4.98 Å². The molecule has 6 heteroatoms. The third kappa shape index (κ3) is 2.54. The number of imidazole rings is 1. The van der Waals surface area contributed by atoms with E-state index in [1.54, 1.807) is 25.8 Å². The molecule has 0 saturated carbocycles. The van der Waals surface area contributed by atoms with Gasteiger partial charge in [-0.1, -0.05) is 0 Å². The summed E-state index contributed by atoms with van der Waals surface area (Å²) >= 11 is 0. The molecule has 17 heavy (non-hydrogen) atoms. The van der Waals surface area contributed by atoms with Crippen LogP contribution in [-0.2, 0) is 11.3 Å². The molecule has 0 saturated heterocycles. The van der Waals surface area contributed by atoms with Crippen LogP contribution in [0.1, 0.15) is 18.7 Å². The molecule has 0 aliphatic rings. The molecule has 6 nitrogen and oxygen atoms in total.